The first-order valence-electron chi connectivity index (χ1n) is 7.63. The van der Waals surface area contributed by atoms with Crippen molar-refractivity contribution in [3.63, 3.8) is 0 Å². The summed E-state index contributed by atoms with van der Waals surface area (Å²) in [6.45, 7) is 0. The van der Waals surface area contributed by atoms with E-state index in [1.807, 2.05) is 0 Å². The lowest BCUT2D eigenvalue weighted by molar-refractivity contribution is -0.0944. The number of nitrogens with one attached hydrogen (secondary N) is 1. The lowest BCUT2D eigenvalue weighted by Gasteiger charge is -2.21. The standard InChI is InChI=1S/C17H15F3N2O3S/c1-25-15-7-6-12(17(18,19)20)9-16(15)26(23,24)22-13-8-11-4-2-3-5-14(11)21-10-13/h2-5,8-10,22H,6-7H2,1H3. The average Bonchev–Trinajstić information content (AvgIpc) is 2.60. The molecule has 1 aliphatic carbocycles. The highest BCUT2D eigenvalue weighted by Crippen LogP contribution is 2.37. The molecule has 1 N–H and O–H groups in total. The van der Waals surface area contributed by atoms with Crippen molar-refractivity contribution in [3.05, 3.63) is 58.8 Å². The molecular weight excluding hydrogens is 369 g/mol. The van der Waals surface area contributed by atoms with Crippen molar-refractivity contribution in [2.75, 3.05) is 11.8 Å². The van der Waals surface area contributed by atoms with Gasteiger partial charge in [0.2, 0.25) is 0 Å². The molecule has 2 aromatic rings. The average molecular weight is 384 g/mol. The molecule has 1 aromatic heterocycles. The fourth-order valence-electron chi connectivity index (χ4n) is 2.67. The van der Waals surface area contributed by atoms with Crippen LogP contribution in [0.3, 0.4) is 0 Å². The van der Waals surface area contributed by atoms with Crippen LogP contribution < -0.4 is 4.72 Å². The summed E-state index contributed by atoms with van der Waals surface area (Å²) in [6.07, 6.45) is -3.13. The Bertz CT molecular complexity index is 1010. The molecule has 0 saturated carbocycles. The molecule has 0 atom stereocenters. The van der Waals surface area contributed by atoms with Gasteiger partial charge in [-0.25, -0.2) is 8.42 Å². The Kier molecular flexibility index (Phi) is 4.66. The number of halogens is 3. The van der Waals surface area contributed by atoms with Gasteiger partial charge in [-0.3, -0.25) is 9.71 Å². The Balaban J connectivity index is 1.99. The fraction of sp³-hybridized carbons (Fsp3) is 0.235. The Labute approximate surface area is 148 Å². The molecular formula is C17H15F3N2O3S. The van der Waals surface area contributed by atoms with E-state index in [1.54, 1.807) is 30.3 Å². The number of sulfonamides is 1. The largest absolute Gasteiger partial charge is 0.500 e. The van der Waals surface area contributed by atoms with Gasteiger partial charge in [-0.15, -0.1) is 0 Å². The van der Waals surface area contributed by atoms with Gasteiger partial charge in [0.1, 0.15) is 10.7 Å². The van der Waals surface area contributed by atoms with Crippen LogP contribution in [0.15, 0.2) is 58.8 Å². The number of hydrogen-bond donors (Lipinski definition) is 1. The minimum absolute atomic E-state index is 0.0146. The monoisotopic (exact) mass is 384 g/mol. The number of ether oxygens (including phenoxy) is 1. The lowest BCUT2D eigenvalue weighted by atomic mass is 10.0. The van der Waals surface area contributed by atoms with Crippen molar-refractivity contribution in [2.24, 2.45) is 0 Å². The van der Waals surface area contributed by atoms with Crippen molar-refractivity contribution < 1.29 is 26.3 Å². The third kappa shape index (κ3) is 3.67. The first kappa shape index (κ1) is 18.2. The molecule has 0 radical (unpaired) electrons. The molecule has 26 heavy (non-hydrogen) atoms. The van der Waals surface area contributed by atoms with Crippen LogP contribution >= 0.6 is 0 Å². The Hall–Kier alpha value is -2.55. The first-order chi connectivity index (χ1) is 12.2. The Morgan fingerprint density at radius 3 is 2.62 bits per heavy atom. The predicted octanol–water partition coefficient (Wildman–Crippen LogP) is 4.12. The summed E-state index contributed by atoms with van der Waals surface area (Å²) in [5.74, 6) is -0.0146. The fourth-order valence-corrected chi connectivity index (χ4v) is 3.99. The second-order valence-corrected chi connectivity index (χ2v) is 7.33. The third-order valence-corrected chi connectivity index (χ3v) is 5.37. The third-order valence-electron chi connectivity index (χ3n) is 3.94. The maximum Gasteiger partial charge on any atom is 0.412 e. The molecule has 0 fully saturated rings. The summed E-state index contributed by atoms with van der Waals surface area (Å²) in [5, 5.41) is 0.698. The van der Waals surface area contributed by atoms with E-state index in [4.69, 9.17) is 4.74 Å². The van der Waals surface area contributed by atoms with Crippen LogP contribution in [0.25, 0.3) is 10.9 Å². The van der Waals surface area contributed by atoms with E-state index in [0.29, 0.717) is 17.0 Å². The highest BCUT2D eigenvalue weighted by Gasteiger charge is 2.38. The highest BCUT2D eigenvalue weighted by molar-refractivity contribution is 7.96. The summed E-state index contributed by atoms with van der Waals surface area (Å²) < 4.78 is 71.5. The number of hydrogen-bond acceptors (Lipinski definition) is 4. The van der Waals surface area contributed by atoms with E-state index in [0.717, 1.165) is 0 Å². The second kappa shape index (κ2) is 6.64. The molecule has 0 amide bonds. The molecule has 1 aliphatic rings. The van der Waals surface area contributed by atoms with Crippen molar-refractivity contribution in [3.8, 4) is 0 Å². The summed E-state index contributed by atoms with van der Waals surface area (Å²) in [5.41, 5.74) is -0.0846. The van der Waals surface area contributed by atoms with Gasteiger partial charge in [-0.05, 0) is 24.6 Å². The molecule has 1 heterocycles. The van der Waals surface area contributed by atoms with Crippen LogP contribution in [0.4, 0.5) is 18.9 Å². The number of methoxy groups -OCH3 is 1. The van der Waals surface area contributed by atoms with Crippen molar-refractivity contribution >= 4 is 26.6 Å². The Morgan fingerprint density at radius 2 is 1.92 bits per heavy atom. The van der Waals surface area contributed by atoms with Gasteiger partial charge in [0, 0.05) is 17.4 Å². The van der Waals surface area contributed by atoms with Gasteiger partial charge in [-0.2, -0.15) is 13.2 Å². The number of anilines is 1. The summed E-state index contributed by atoms with van der Waals surface area (Å²) in [6, 6.07) is 8.64. The number of pyridine rings is 1. The van der Waals surface area contributed by atoms with E-state index in [9.17, 15) is 21.6 Å². The van der Waals surface area contributed by atoms with Gasteiger partial charge >= 0.3 is 6.18 Å². The first-order valence-corrected chi connectivity index (χ1v) is 9.11. The zero-order valence-electron chi connectivity index (χ0n) is 13.7. The molecule has 5 nitrogen and oxygen atoms in total. The number of alkyl halides is 3. The molecule has 0 saturated heterocycles. The topological polar surface area (TPSA) is 68.3 Å². The highest BCUT2D eigenvalue weighted by atomic mass is 32.2. The minimum Gasteiger partial charge on any atom is -0.500 e. The van der Waals surface area contributed by atoms with E-state index >= 15 is 0 Å². The number of fused-ring (bicyclic) bond motifs is 1. The number of benzene rings is 1. The molecule has 0 spiro atoms. The van der Waals surface area contributed by atoms with E-state index < -0.39 is 26.7 Å². The second-order valence-electron chi connectivity index (χ2n) is 5.68. The Morgan fingerprint density at radius 1 is 1.19 bits per heavy atom. The molecule has 138 valence electrons. The van der Waals surface area contributed by atoms with Crippen molar-refractivity contribution in [2.45, 2.75) is 19.0 Å². The van der Waals surface area contributed by atoms with Crippen LogP contribution in [0.1, 0.15) is 12.8 Å². The van der Waals surface area contributed by atoms with E-state index in [1.165, 1.54) is 13.3 Å². The molecule has 0 aliphatic heterocycles. The van der Waals surface area contributed by atoms with E-state index in [-0.39, 0.29) is 24.3 Å². The summed E-state index contributed by atoms with van der Waals surface area (Å²) in [4.78, 5) is 3.61. The number of para-hydroxylation sites is 1. The van der Waals surface area contributed by atoms with Crippen molar-refractivity contribution in [1.82, 2.24) is 4.98 Å². The van der Waals surface area contributed by atoms with Crippen LogP contribution in [0, 0.1) is 0 Å². The van der Waals surface area contributed by atoms with Gasteiger partial charge in [-0.1, -0.05) is 18.2 Å². The summed E-state index contributed by atoms with van der Waals surface area (Å²) in [7, 11) is -3.04. The predicted molar refractivity (Wildman–Crippen MR) is 91.7 cm³/mol. The smallest absolute Gasteiger partial charge is 0.412 e. The zero-order valence-corrected chi connectivity index (χ0v) is 14.5. The van der Waals surface area contributed by atoms with Crippen LogP contribution in [0.5, 0.6) is 0 Å². The van der Waals surface area contributed by atoms with Crippen LogP contribution in [-0.4, -0.2) is 26.7 Å². The number of rotatable bonds is 4. The van der Waals surface area contributed by atoms with Crippen molar-refractivity contribution in [1.29, 1.82) is 0 Å². The van der Waals surface area contributed by atoms with Gasteiger partial charge in [0.15, 0.2) is 0 Å². The van der Waals surface area contributed by atoms with Gasteiger partial charge in [0.05, 0.1) is 24.5 Å². The zero-order chi connectivity index (χ0) is 18.9. The van der Waals surface area contributed by atoms with Crippen LogP contribution in [0.2, 0.25) is 0 Å². The molecule has 9 heteroatoms. The quantitative estimate of drug-likeness (QED) is 0.861. The molecule has 1 aromatic carbocycles. The van der Waals surface area contributed by atoms with Crippen LogP contribution in [-0.2, 0) is 14.8 Å². The molecule has 0 unspecified atom stereocenters. The number of allylic oxidation sites excluding steroid dienone is 3. The van der Waals surface area contributed by atoms with E-state index in [2.05, 4.69) is 9.71 Å². The normalized spacial score (nSPS) is 15.8. The minimum atomic E-state index is -4.59. The number of aromatic nitrogens is 1. The van der Waals surface area contributed by atoms with Gasteiger partial charge < -0.3 is 4.74 Å². The van der Waals surface area contributed by atoms with Gasteiger partial charge in [0.25, 0.3) is 10.0 Å². The maximum absolute atomic E-state index is 13.0. The molecule has 0 bridgehead atoms. The molecule has 3 rings (SSSR count). The SMILES string of the molecule is COC1=C(S(=O)(=O)Nc2cnc3ccccc3c2)C=C(C(F)(F)F)CC1. The lowest BCUT2D eigenvalue weighted by Crippen LogP contribution is -2.22. The summed E-state index contributed by atoms with van der Waals surface area (Å²) >= 11 is 0. The maximum atomic E-state index is 13.0. The number of nitrogens with zero attached hydrogens (tertiary/aromatic N) is 1.